The van der Waals surface area contributed by atoms with E-state index < -0.39 is 5.41 Å². The van der Waals surface area contributed by atoms with Gasteiger partial charge in [0.1, 0.15) is 0 Å². The van der Waals surface area contributed by atoms with Gasteiger partial charge in [-0.2, -0.15) is 0 Å². The number of amides is 1. The quantitative estimate of drug-likeness (QED) is 0.368. The number of piperidine rings is 1. The molecule has 0 aromatic carbocycles. The summed E-state index contributed by atoms with van der Waals surface area (Å²) in [4.78, 5) is 11.1. The van der Waals surface area contributed by atoms with Crippen molar-refractivity contribution < 1.29 is 10.0 Å². The SMILES string of the molecule is CC1(C(=O)NO)CCCNC1. The van der Waals surface area contributed by atoms with E-state index in [1.165, 1.54) is 0 Å². The van der Waals surface area contributed by atoms with Gasteiger partial charge in [0.05, 0.1) is 5.41 Å². The van der Waals surface area contributed by atoms with Crippen molar-refractivity contribution in [3.8, 4) is 0 Å². The fraction of sp³-hybridized carbons (Fsp3) is 0.857. The lowest BCUT2D eigenvalue weighted by molar-refractivity contribution is -0.139. The molecule has 0 aromatic rings. The van der Waals surface area contributed by atoms with Crippen LogP contribution in [0, 0.1) is 5.41 Å². The molecule has 0 saturated carbocycles. The second-order valence-electron chi connectivity index (χ2n) is 3.28. The van der Waals surface area contributed by atoms with E-state index in [0.29, 0.717) is 6.54 Å². The molecule has 4 nitrogen and oxygen atoms in total. The molecule has 1 heterocycles. The summed E-state index contributed by atoms with van der Waals surface area (Å²) in [6.45, 7) is 3.47. The number of nitrogens with one attached hydrogen (secondary N) is 2. The summed E-state index contributed by atoms with van der Waals surface area (Å²) in [6, 6.07) is 0. The highest BCUT2D eigenvalue weighted by molar-refractivity contribution is 5.81. The van der Waals surface area contributed by atoms with Crippen LogP contribution >= 0.6 is 0 Å². The molecule has 0 bridgehead atoms. The minimum Gasteiger partial charge on any atom is -0.316 e. The first-order valence-corrected chi connectivity index (χ1v) is 3.84. The lowest BCUT2D eigenvalue weighted by Crippen LogP contribution is -2.47. The van der Waals surface area contributed by atoms with Crippen LogP contribution < -0.4 is 10.8 Å². The maximum atomic E-state index is 11.1. The van der Waals surface area contributed by atoms with Crippen LogP contribution in [0.25, 0.3) is 0 Å². The molecule has 4 heteroatoms. The van der Waals surface area contributed by atoms with Crippen LogP contribution in [0.2, 0.25) is 0 Å². The number of carbonyl (C=O) groups excluding carboxylic acids is 1. The second kappa shape index (κ2) is 3.19. The molecule has 1 saturated heterocycles. The van der Waals surface area contributed by atoms with E-state index in [1.807, 2.05) is 6.92 Å². The zero-order valence-electron chi connectivity index (χ0n) is 6.68. The van der Waals surface area contributed by atoms with Gasteiger partial charge in [0.15, 0.2) is 0 Å². The molecule has 1 atom stereocenters. The molecular formula is C7H14N2O2. The van der Waals surface area contributed by atoms with E-state index in [1.54, 1.807) is 5.48 Å². The van der Waals surface area contributed by atoms with Crippen LogP contribution in [0.5, 0.6) is 0 Å². The fourth-order valence-electron chi connectivity index (χ4n) is 1.38. The van der Waals surface area contributed by atoms with E-state index in [0.717, 1.165) is 19.4 Å². The second-order valence-corrected chi connectivity index (χ2v) is 3.28. The Morgan fingerprint density at radius 3 is 2.91 bits per heavy atom. The van der Waals surface area contributed by atoms with Crippen molar-refractivity contribution in [1.82, 2.24) is 10.8 Å². The molecule has 64 valence electrons. The summed E-state index contributed by atoms with van der Waals surface area (Å²) in [6.07, 6.45) is 1.83. The Morgan fingerprint density at radius 2 is 2.45 bits per heavy atom. The van der Waals surface area contributed by atoms with Crippen molar-refractivity contribution in [2.75, 3.05) is 13.1 Å². The van der Waals surface area contributed by atoms with Gasteiger partial charge in [-0.15, -0.1) is 0 Å². The van der Waals surface area contributed by atoms with Crippen LogP contribution in [0.1, 0.15) is 19.8 Å². The van der Waals surface area contributed by atoms with Crippen LogP contribution in [0.15, 0.2) is 0 Å². The Kier molecular flexibility index (Phi) is 2.46. The first-order chi connectivity index (χ1) is 5.19. The monoisotopic (exact) mass is 158 g/mol. The first-order valence-electron chi connectivity index (χ1n) is 3.84. The van der Waals surface area contributed by atoms with Crippen LogP contribution in [0.3, 0.4) is 0 Å². The van der Waals surface area contributed by atoms with Crippen molar-refractivity contribution in [2.24, 2.45) is 5.41 Å². The van der Waals surface area contributed by atoms with E-state index in [4.69, 9.17) is 5.21 Å². The van der Waals surface area contributed by atoms with Gasteiger partial charge in [0.25, 0.3) is 5.91 Å². The lowest BCUT2D eigenvalue weighted by atomic mass is 9.82. The Labute approximate surface area is 65.9 Å². The van der Waals surface area contributed by atoms with Crippen LogP contribution in [-0.4, -0.2) is 24.2 Å². The molecule has 3 N–H and O–H groups in total. The van der Waals surface area contributed by atoms with E-state index in [2.05, 4.69) is 5.32 Å². The predicted molar refractivity (Wildman–Crippen MR) is 40.1 cm³/mol. The smallest absolute Gasteiger partial charge is 0.250 e. The third-order valence-corrected chi connectivity index (χ3v) is 2.25. The molecule has 0 aromatic heterocycles. The van der Waals surface area contributed by atoms with Gasteiger partial charge in [-0.05, 0) is 26.3 Å². The largest absolute Gasteiger partial charge is 0.316 e. The maximum absolute atomic E-state index is 11.1. The van der Waals surface area contributed by atoms with Crippen molar-refractivity contribution in [3.63, 3.8) is 0 Å². The van der Waals surface area contributed by atoms with Crippen molar-refractivity contribution >= 4 is 5.91 Å². The average molecular weight is 158 g/mol. The molecule has 1 aliphatic heterocycles. The zero-order valence-corrected chi connectivity index (χ0v) is 6.68. The molecule has 0 aliphatic carbocycles. The van der Waals surface area contributed by atoms with E-state index >= 15 is 0 Å². The normalized spacial score (nSPS) is 31.5. The van der Waals surface area contributed by atoms with Gasteiger partial charge < -0.3 is 5.32 Å². The highest BCUT2D eigenvalue weighted by Gasteiger charge is 2.34. The molecule has 1 rings (SSSR count). The summed E-state index contributed by atoms with van der Waals surface area (Å²) in [7, 11) is 0. The minimum absolute atomic E-state index is 0.287. The number of hydroxylamine groups is 1. The van der Waals surface area contributed by atoms with Crippen LogP contribution in [0.4, 0.5) is 0 Å². The van der Waals surface area contributed by atoms with Crippen molar-refractivity contribution in [3.05, 3.63) is 0 Å². The first kappa shape index (κ1) is 8.49. The van der Waals surface area contributed by atoms with Gasteiger partial charge >= 0.3 is 0 Å². The standard InChI is InChI=1S/C7H14N2O2/c1-7(6(10)9-11)3-2-4-8-5-7/h8,11H,2-5H2,1H3,(H,9,10). The molecule has 1 amide bonds. The average Bonchev–Trinajstić information content (AvgIpc) is 2.04. The molecule has 1 unspecified atom stereocenters. The summed E-state index contributed by atoms with van der Waals surface area (Å²) >= 11 is 0. The van der Waals surface area contributed by atoms with E-state index in [9.17, 15) is 4.79 Å². The third-order valence-electron chi connectivity index (χ3n) is 2.25. The van der Waals surface area contributed by atoms with Crippen molar-refractivity contribution in [2.45, 2.75) is 19.8 Å². The van der Waals surface area contributed by atoms with Crippen molar-refractivity contribution in [1.29, 1.82) is 0 Å². The number of hydrogen-bond acceptors (Lipinski definition) is 3. The topological polar surface area (TPSA) is 61.4 Å². The van der Waals surface area contributed by atoms with Crippen LogP contribution in [-0.2, 0) is 4.79 Å². The predicted octanol–water partition coefficient (Wildman–Crippen LogP) is -0.118. The van der Waals surface area contributed by atoms with Gasteiger partial charge in [-0.3, -0.25) is 10.0 Å². The fourth-order valence-corrected chi connectivity index (χ4v) is 1.38. The highest BCUT2D eigenvalue weighted by atomic mass is 16.5. The summed E-state index contributed by atoms with van der Waals surface area (Å²) in [5.41, 5.74) is 1.27. The third kappa shape index (κ3) is 1.70. The minimum atomic E-state index is -0.424. The van der Waals surface area contributed by atoms with Gasteiger partial charge in [-0.25, -0.2) is 5.48 Å². The Bertz CT molecular complexity index is 153. The van der Waals surface area contributed by atoms with E-state index in [-0.39, 0.29) is 5.91 Å². The molecule has 0 radical (unpaired) electrons. The van der Waals surface area contributed by atoms with Gasteiger partial charge in [-0.1, -0.05) is 0 Å². The Morgan fingerprint density at radius 1 is 1.73 bits per heavy atom. The summed E-state index contributed by atoms with van der Waals surface area (Å²) in [5, 5.41) is 11.5. The molecule has 1 aliphatic rings. The molecule has 0 spiro atoms. The number of carbonyl (C=O) groups is 1. The lowest BCUT2D eigenvalue weighted by Gasteiger charge is -2.31. The summed E-state index contributed by atoms with van der Waals surface area (Å²) < 4.78 is 0. The zero-order chi connectivity index (χ0) is 8.32. The highest BCUT2D eigenvalue weighted by Crippen LogP contribution is 2.24. The number of hydrogen-bond donors (Lipinski definition) is 3. The molecular weight excluding hydrogens is 144 g/mol. The number of rotatable bonds is 1. The summed E-state index contributed by atoms with van der Waals surface area (Å²) in [5.74, 6) is -0.287. The maximum Gasteiger partial charge on any atom is 0.250 e. The molecule has 11 heavy (non-hydrogen) atoms. The Balaban J connectivity index is 2.56. The van der Waals surface area contributed by atoms with Gasteiger partial charge in [0, 0.05) is 6.54 Å². The molecule has 1 fully saturated rings. The Hall–Kier alpha value is -0.610. The van der Waals surface area contributed by atoms with Gasteiger partial charge in [0.2, 0.25) is 0 Å².